The Balaban J connectivity index is 1.38. The number of phenols is 1. The average molecular weight is 749 g/mol. The van der Waals surface area contributed by atoms with Crippen LogP contribution in [0.3, 0.4) is 0 Å². The van der Waals surface area contributed by atoms with Crippen molar-refractivity contribution in [3.05, 3.63) is 141 Å². The molecule has 2 fully saturated rings. The van der Waals surface area contributed by atoms with E-state index < -0.39 is 35.0 Å². The van der Waals surface area contributed by atoms with Crippen LogP contribution in [-0.2, 0) is 24.6 Å². The van der Waals surface area contributed by atoms with Crippen LogP contribution in [0.5, 0.6) is 11.5 Å². The number of aromatic hydroxyl groups is 1. The number of fused-ring (bicyclic) bond motifs is 4. The molecule has 50 heavy (non-hydrogen) atoms. The predicted molar refractivity (Wildman–Crippen MR) is 193 cm³/mol. The first kappa shape index (κ1) is 32.4. The number of ether oxygens (including phenoxy) is 1. The Bertz CT molecular complexity index is 2150. The molecule has 9 heteroatoms. The van der Waals surface area contributed by atoms with E-state index in [0.717, 1.165) is 5.57 Å². The second-order valence-corrected chi connectivity index (χ2v) is 14.6. The van der Waals surface area contributed by atoms with Gasteiger partial charge in [0.25, 0.3) is 0 Å². The lowest BCUT2D eigenvalue weighted by atomic mass is 9.44. The third-order valence-corrected chi connectivity index (χ3v) is 11.9. The van der Waals surface area contributed by atoms with Gasteiger partial charge in [-0.2, -0.15) is 0 Å². The molecule has 250 valence electrons. The van der Waals surface area contributed by atoms with Crippen LogP contribution in [0.15, 0.2) is 119 Å². The van der Waals surface area contributed by atoms with Crippen molar-refractivity contribution in [2.45, 2.75) is 24.2 Å². The first-order valence-corrected chi connectivity index (χ1v) is 17.6. The van der Waals surface area contributed by atoms with Gasteiger partial charge in [-0.15, -0.1) is 0 Å². The number of benzene rings is 4. The summed E-state index contributed by atoms with van der Waals surface area (Å²) in [5.74, 6) is -4.46. The number of rotatable bonds is 5. The van der Waals surface area contributed by atoms with Crippen LogP contribution >= 0.6 is 27.5 Å². The second kappa shape index (κ2) is 12.2. The van der Waals surface area contributed by atoms with Crippen molar-refractivity contribution in [1.29, 1.82) is 0 Å². The Morgan fingerprint density at radius 1 is 0.880 bits per heavy atom. The van der Waals surface area contributed by atoms with Gasteiger partial charge in [-0.1, -0.05) is 83.9 Å². The van der Waals surface area contributed by atoms with Gasteiger partial charge in [0, 0.05) is 22.4 Å². The highest BCUT2D eigenvalue weighted by molar-refractivity contribution is 9.10. The van der Waals surface area contributed by atoms with Crippen molar-refractivity contribution < 1.29 is 29.0 Å². The van der Waals surface area contributed by atoms with Crippen molar-refractivity contribution in [1.82, 2.24) is 0 Å². The van der Waals surface area contributed by atoms with Gasteiger partial charge in [-0.3, -0.25) is 24.1 Å². The zero-order valence-corrected chi connectivity index (χ0v) is 29.2. The summed E-state index contributed by atoms with van der Waals surface area (Å²) in [6.45, 7) is 0. The van der Waals surface area contributed by atoms with Gasteiger partial charge in [0.05, 0.1) is 34.5 Å². The van der Waals surface area contributed by atoms with Crippen LogP contribution in [0.2, 0.25) is 5.02 Å². The number of phenolic OH excluding ortho intramolecular Hbond substituents is 1. The van der Waals surface area contributed by atoms with Gasteiger partial charge in [-0.25, -0.2) is 0 Å². The molecule has 1 N–H and O–H groups in total. The number of halogens is 2. The third-order valence-electron chi connectivity index (χ3n) is 11.1. The van der Waals surface area contributed by atoms with Gasteiger partial charge in [-0.05, 0) is 93.9 Å². The summed E-state index contributed by atoms with van der Waals surface area (Å²) in [5, 5.41) is 11.3. The van der Waals surface area contributed by atoms with Gasteiger partial charge in [0.1, 0.15) is 0 Å². The highest BCUT2D eigenvalue weighted by atomic mass is 79.9. The number of nitrogens with zero attached hydrogens (tertiary/aromatic N) is 1. The molecule has 1 aliphatic heterocycles. The maximum Gasteiger partial charge on any atom is 0.238 e. The fourth-order valence-corrected chi connectivity index (χ4v) is 9.60. The summed E-state index contributed by atoms with van der Waals surface area (Å²) >= 11 is 9.64. The van der Waals surface area contributed by atoms with Gasteiger partial charge in [0.15, 0.2) is 23.1 Å². The minimum atomic E-state index is -1.39. The summed E-state index contributed by atoms with van der Waals surface area (Å²) in [6, 6.07) is 28.6. The molecule has 1 saturated heterocycles. The maximum atomic E-state index is 15.2. The summed E-state index contributed by atoms with van der Waals surface area (Å²) in [4.78, 5) is 60.0. The first-order valence-electron chi connectivity index (χ1n) is 16.5. The number of allylic oxidation sites excluding steroid dienone is 4. The molecule has 0 radical (unpaired) electrons. The fraction of sp³-hybridized carbons (Fsp3) is 0.220. The number of hydrogen-bond donors (Lipinski definition) is 1. The van der Waals surface area contributed by atoms with E-state index in [1.54, 1.807) is 36.4 Å². The van der Waals surface area contributed by atoms with Crippen LogP contribution in [-0.4, -0.2) is 35.6 Å². The molecule has 7 nitrogen and oxygen atoms in total. The van der Waals surface area contributed by atoms with Crippen LogP contribution in [0.25, 0.3) is 5.57 Å². The lowest BCUT2D eigenvalue weighted by molar-refractivity contribution is -0.135. The topological polar surface area (TPSA) is 101 Å². The molecule has 6 unspecified atom stereocenters. The average Bonchev–Trinajstić information content (AvgIpc) is 3.40. The molecule has 0 aromatic heterocycles. The Morgan fingerprint density at radius 3 is 2.24 bits per heavy atom. The fourth-order valence-electron chi connectivity index (χ4n) is 9.01. The number of ketones is 2. The van der Waals surface area contributed by atoms with Crippen molar-refractivity contribution in [3.63, 3.8) is 0 Å². The van der Waals surface area contributed by atoms with E-state index in [1.165, 1.54) is 18.1 Å². The van der Waals surface area contributed by atoms with E-state index in [2.05, 4.69) is 15.9 Å². The third kappa shape index (κ3) is 4.68. The Morgan fingerprint density at radius 2 is 1.56 bits per heavy atom. The number of amides is 2. The molecule has 4 aromatic rings. The number of imide groups is 1. The molecule has 0 bridgehead atoms. The second-order valence-electron chi connectivity index (χ2n) is 13.3. The highest BCUT2D eigenvalue weighted by Gasteiger charge is 2.66. The van der Waals surface area contributed by atoms with Crippen molar-refractivity contribution in [2.75, 3.05) is 12.0 Å². The summed E-state index contributed by atoms with van der Waals surface area (Å²) in [7, 11) is 1.45. The van der Waals surface area contributed by atoms with E-state index in [9.17, 15) is 14.7 Å². The first-order chi connectivity index (χ1) is 24.2. The van der Waals surface area contributed by atoms with E-state index in [4.69, 9.17) is 16.3 Å². The Labute approximate surface area is 302 Å². The minimum absolute atomic E-state index is 0.0981. The number of methoxy groups -OCH3 is 1. The highest BCUT2D eigenvalue weighted by Crippen LogP contribution is 2.64. The molecule has 1 saturated carbocycles. The van der Waals surface area contributed by atoms with Crippen molar-refractivity contribution in [3.8, 4) is 11.5 Å². The van der Waals surface area contributed by atoms with E-state index in [-0.39, 0.29) is 41.3 Å². The summed E-state index contributed by atoms with van der Waals surface area (Å²) in [5.41, 5.74) is 2.15. The quantitative estimate of drug-likeness (QED) is 0.165. The smallest absolute Gasteiger partial charge is 0.238 e. The monoisotopic (exact) mass is 747 g/mol. The van der Waals surface area contributed by atoms with Crippen LogP contribution in [0, 0.1) is 23.7 Å². The van der Waals surface area contributed by atoms with Gasteiger partial charge >= 0.3 is 0 Å². The molecule has 1 heterocycles. The van der Waals surface area contributed by atoms with Crippen molar-refractivity contribution in [2.24, 2.45) is 23.7 Å². The van der Waals surface area contributed by atoms with E-state index >= 15 is 9.59 Å². The Hall–Kier alpha value is -4.79. The molecule has 6 atom stereocenters. The zero-order chi connectivity index (χ0) is 34.9. The maximum absolute atomic E-state index is 15.2. The van der Waals surface area contributed by atoms with Crippen molar-refractivity contribution >= 4 is 62.2 Å². The largest absolute Gasteiger partial charge is 0.503 e. The molecule has 8 rings (SSSR count). The van der Waals surface area contributed by atoms with Crippen LogP contribution in [0.4, 0.5) is 5.69 Å². The van der Waals surface area contributed by atoms with E-state index in [0.29, 0.717) is 43.9 Å². The minimum Gasteiger partial charge on any atom is -0.503 e. The number of carbonyl (C=O) groups is 4. The Kier molecular flexibility index (Phi) is 7.92. The SMILES string of the molecule is COc1cc(C2C3=CCC4C(=O)N(c5ccc(Cl)cc5)C(=O)C4C3CC3C(=O)C(c4ccccc4)=CC(=O)C32c2ccccc2)cc(Br)c1O. The lowest BCUT2D eigenvalue weighted by Gasteiger charge is -2.55. The van der Waals surface area contributed by atoms with Gasteiger partial charge < -0.3 is 9.84 Å². The number of carbonyl (C=O) groups excluding carboxylic acids is 4. The zero-order valence-electron chi connectivity index (χ0n) is 26.9. The summed E-state index contributed by atoms with van der Waals surface area (Å²) in [6.07, 6.45) is 3.98. The van der Waals surface area contributed by atoms with Crippen LogP contribution in [0.1, 0.15) is 35.4 Å². The molecule has 4 aromatic carbocycles. The standard InChI is InChI=1S/C41H31BrClNO6/c1-50-33-19-23(18-32(42)38(33)47)36-27-16-17-28-35(40(49)44(39(28)48)26-14-12-25(43)13-15-26)30(27)20-31-37(46)29(22-8-4-2-5-9-22)21-34(45)41(31,36)24-10-6-3-7-11-24/h2-16,18-19,21,28,30-31,35-36,47H,17,20H2,1H3. The number of anilines is 1. The lowest BCUT2D eigenvalue weighted by Crippen LogP contribution is -2.58. The molecule has 2 amide bonds. The number of hydrogen-bond acceptors (Lipinski definition) is 6. The van der Waals surface area contributed by atoms with E-state index in [1.807, 2.05) is 66.7 Å². The number of Topliss-reactive ketones (excluding diaryl/α,β-unsaturated/α-hetero) is 1. The molecule has 0 spiro atoms. The molecule has 4 aliphatic rings. The van der Waals surface area contributed by atoms with Crippen LogP contribution < -0.4 is 9.64 Å². The molecule has 3 aliphatic carbocycles. The normalized spacial score (nSPS) is 27.3. The molecular weight excluding hydrogens is 718 g/mol. The summed E-state index contributed by atoms with van der Waals surface area (Å²) < 4.78 is 5.95. The van der Waals surface area contributed by atoms with Gasteiger partial charge in [0.2, 0.25) is 11.8 Å². The predicted octanol–water partition coefficient (Wildman–Crippen LogP) is 7.85. The molecular formula is C41H31BrClNO6.